The highest BCUT2D eigenvalue weighted by atomic mass is 35.5. The average molecular weight is 261 g/mol. The summed E-state index contributed by atoms with van der Waals surface area (Å²) in [4.78, 5) is 6.63. The molecule has 0 fully saturated rings. The quantitative estimate of drug-likeness (QED) is 0.824. The van der Waals surface area contributed by atoms with Crippen LogP contribution in [0.2, 0.25) is 5.02 Å². The lowest BCUT2D eigenvalue weighted by Crippen LogP contribution is -2.22. The lowest BCUT2D eigenvalue weighted by molar-refractivity contribution is 0.809. The molecule has 0 saturated carbocycles. The summed E-state index contributed by atoms with van der Waals surface area (Å²) < 4.78 is 0. The molecule has 0 bridgehead atoms. The first-order valence-electron chi connectivity index (χ1n) is 6.11. The van der Waals surface area contributed by atoms with Crippen LogP contribution >= 0.6 is 11.6 Å². The maximum atomic E-state index is 5.98. The molecule has 2 nitrogen and oxygen atoms in total. The highest BCUT2D eigenvalue weighted by Crippen LogP contribution is 2.18. The van der Waals surface area contributed by atoms with Gasteiger partial charge in [0, 0.05) is 23.5 Å². The van der Waals surface area contributed by atoms with Crippen molar-refractivity contribution in [2.45, 2.75) is 20.4 Å². The van der Waals surface area contributed by atoms with Crippen LogP contribution in [0.5, 0.6) is 0 Å². The van der Waals surface area contributed by atoms with E-state index in [4.69, 9.17) is 11.6 Å². The third-order valence-corrected chi connectivity index (χ3v) is 3.12. The van der Waals surface area contributed by atoms with Gasteiger partial charge in [-0.1, -0.05) is 23.7 Å². The van der Waals surface area contributed by atoms with E-state index in [9.17, 15) is 0 Å². The van der Waals surface area contributed by atoms with E-state index in [1.54, 1.807) is 12.3 Å². The molecule has 94 valence electrons. The number of benzene rings is 1. The molecule has 0 atom stereocenters. The third-order valence-electron chi connectivity index (χ3n) is 2.88. The Balaban J connectivity index is 2.19. The Kier molecular flexibility index (Phi) is 4.21. The van der Waals surface area contributed by atoms with Gasteiger partial charge in [-0.25, -0.2) is 0 Å². The fourth-order valence-corrected chi connectivity index (χ4v) is 2.12. The smallest absolute Gasteiger partial charge is 0.0611 e. The molecule has 2 aromatic rings. The summed E-state index contributed by atoms with van der Waals surface area (Å²) in [7, 11) is 0. The number of hydrogen-bond acceptors (Lipinski definition) is 2. The second-order valence-electron chi connectivity index (χ2n) is 4.32. The van der Waals surface area contributed by atoms with Gasteiger partial charge in [-0.2, -0.15) is 0 Å². The normalized spacial score (nSPS) is 10.4. The molecule has 1 heterocycles. The second kappa shape index (κ2) is 5.87. The van der Waals surface area contributed by atoms with Gasteiger partial charge in [-0.15, -0.1) is 0 Å². The maximum absolute atomic E-state index is 5.98. The van der Waals surface area contributed by atoms with Crippen LogP contribution < -0.4 is 4.90 Å². The summed E-state index contributed by atoms with van der Waals surface area (Å²) >= 11 is 5.98. The summed E-state index contributed by atoms with van der Waals surface area (Å²) in [5.41, 5.74) is 3.48. The van der Waals surface area contributed by atoms with Crippen molar-refractivity contribution in [1.82, 2.24) is 4.98 Å². The number of anilines is 1. The second-order valence-corrected chi connectivity index (χ2v) is 4.76. The molecule has 0 aliphatic rings. The summed E-state index contributed by atoms with van der Waals surface area (Å²) in [5.74, 6) is 0. The Morgan fingerprint density at radius 3 is 2.72 bits per heavy atom. The predicted octanol–water partition coefficient (Wildman–Crippen LogP) is 4.07. The van der Waals surface area contributed by atoms with E-state index >= 15 is 0 Å². The van der Waals surface area contributed by atoms with Gasteiger partial charge in [0.2, 0.25) is 0 Å². The van der Waals surface area contributed by atoms with Crippen molar-refractivity contribution in [1.29, 1.82) is 0 Å². The number of aryl methyl sites for hydroxylation is 1. The van der Waals surface area contributed by atoms with Crippen LogP contribution in [-0.2, 0) is 6.54 Å². The number of hydrogen-bond donors (Lipinski definition) is 0. The van der Waals surface area contributed by atoms with Crippen molar-refractivity contribution in [2.24, 2.45) is 0 Å². The molecule has 18 heavy (non-hydrogen) atoms. The number of nitrogens with zero attached hydrogens (tertiary/aromatic N) is 2. The summed E-state index contributed by atoms with van der Waals surface area (Å²) in [6.45, 7) is 5.97. The van der Waals surface area contributed by atoms with E-state index < -0.39 is 0 Å². The van der Waals surface area contributed by atoms with Crippen LogP contribution in [0.4, 0.5) is 5.69 Å². The first-order chi connectivity index (χ1) is 8.69. The van der Waals surface area contributed by atoms with Gasteiger partial charge >= 0.3 is 0 Å². The Labute approximate surface area is 113 Å². The number of aromatic nitrogens is 1. The summed E-state index contributed by atoms with van der Waals surface area (Å²) in [5, 5.41) is 0.736. The first-order valence-corrected chi connectivity index (χ1v) is 6.49. The fourth-order valence-electron chi connectivity index (χ4n) is 1.94. The Hall–Kier alpha value is -1.54. The predicted molar refractivity (Wildman–Crippen MR) is 77.2 cm³/mol. The zero-order valence-corrected chi connectivity index (χ0v) is 11.5. The summed E-state index contributed by atoms with van der Waals surface area (Å²) in [6, 6.07) is 12.2. The molecular weight excluding hydrogens is 244 g/mol. The van der Waals surface area contributed by atoms with Crippen LogP contribution in [-0.4, -0.2) is 11.5 Å². The molecule has 0 saturated heterocycles. The molecule has 1 aromatic carbocycles. The van der Waals surface area contributed by atoms with Gasteiger partial charge in [0.15, 0.2) is 0 Å². The lowest BCUT2D eigenvalue weighted by atomic mass is 10.2. The molecule has 0 unspecified atom stereocenters. The van der Waals surface area contributed by atoms with Gasteiger partial charge in [-0.05, 0) is 43.7 Å². The minimum atomic E-state index is 0.736. The minimum Gasteiger partial charge on any atom is -0.366 e. The Morgan fingerprint density at radius 2 is 2.06 bits per heavy atom. The highest BCUT2D eigenvalue weighted by molar-refractivity contribution is 6.30. The average Bonchev–Trinajstić information content (AvgIpc) is 2.36. The fraction of sp³-hybridized carbons (Fsp3) is 0.267. The lowest BCUT2D eigenvalue weighted by Gasteiger charge is -2.23. The molecule has 0 aliphatic heterocycles. The topological polar surface area (TPSA) is 16.1 Å². The number of pyridine rings is 1. The molecule has 2 rings (SSSR count). The first kappa shape index (κ1) is 12.9. The molecule has 1 aromatic heterocycles. The van der Waals surface area contributed by atoms with E-state index in [1.807, 2.05) is 6.07 Å². The molecule has 0 amide bonds. The van der Waals surface area contributed by atoms with Crippen LogP contribution in [0.3, 0.4) is 0 Å². The zero-order valence-electron chi connectivity index (χ0n) is 10.7. The summed E-state index contributed by atoms with van der Waals surface area (Å²) in [6.07, 6.45) is 1.75. The zero-order chi connectivity index (χ0) is 13.0. The van der Waals surface area contributed by atoms with E-state index in [0.717, 1.165) is 23.8 Å². The van der Waals surface area contributed by atoms with Crippen molar-refractivity contribution in [2.75, 3.05) is 11.4 Å². The molecular formula is C15H17ClN2. The standard InChI is InChI=1S/C15H17ClN2/c1-3-18(15-6-4-5-12(2)9-15)11-14-10-13(16)7-8-17-14/h4-10H,3,11H2,1-2H3. The van der Waals surface area contributed by atoms with Gasteiger partial charge in [0.05, 0.1) is 12.2 Å². The SMILES string of the molecule is CCN(Cc1cc(Cl)ccn1)c1cccc(C)c1. The molecule has 0 N–H and O–H groups in total. The van der Waals surface area contributed by atoms with Gasteiger partial charge in [0.25, 0.3) is 0 Å². The van der Waals surface area contributed by atoms with Crippen molar-refractivity contribution >= 4 is 17.3 Å². The van der Waals surface area contributed by atoms with Gasteiger partial charge in [0.1, 0.15) is 0 Å². The molecule has 3 heteroatoms. The van der Waals surface area contributed by atoms with E-state index in [-0.39, 0.29) is 0 Å². The van der Waals surface area contributed by atoms with Crippen LogP contribution in [0, 0.1) is 6.92 Å². The molecule has 0 radical (unpaired) electrons. The van der Waals surface area contributed by atoms with E-state index in [1.165, 1.54) is 11.3 Å². The third kappa shape index (κ3) is 3.23. The number of halogens is 1. The van der Waals surface area contributed by atoms with Crippen molar-refractivity contribution in [3.8, 4) is 0 Å². The Morgan fingerprint density at radius 1 is 1.22 bits per heavy atom. The Bertz CT molecular complexity index is 525. The van der Waals surface area contributed by atoms with E-state index in [2.05, 4.69) is 48.0 Å². The van der Waals surface area contributed by atoms with Crippen LogP contribution in [0.25, 0.3) is 0 Å². The maximum Gasteiger partial charge on any atom is 0.0611 e. The minimum absolute atomic E-state index is 0.736. The molecule has 0 spiro atoms. The van der Waals surface area contributed by atoms with Crippen molar-refractivity contribution < 1.29 is 0 Å². The van der Waals surface area contributed by atoms with Gasteiger partial charge in [-0.3, -0.25) is 4.98 Å². The van der Waals surface area contributed by atoms with E-state index in [0.29, 0.717) is 0 Å². The molecule has 0 aliphatic carbocycles. The van der Waals surface area contributed by atoms with Crippen molar-refractivity contribution in [3.63, 3.8) is 0 Å². The van der Waals surface area contributed by atoms with Crippen molar-refractivity contribution in [3.05, 3.63) is 58.9 Å². The van der Waals surface area contributed by atoms with Gasteiger partial charge < -0.3 is 4.90 Å². The monoisotopic (exact) mass is 260 g/mol. The largest absolute Gasteiger partial charge is 0.366 e. The highest BCUT2D eigenvalue weighted by Gasteiger charge is 2.06. The number of rotatable bonds is 4. The van der Waals surface area contributed by atoms with Crippen LogP contribution in [0.15, 0.2) is 42.6 Å². The van der Waals surface area contributed by atoms with Crippen LogP contribution in [0.1, 0.15) is 18.2 Å².